The lowest BCUT2D eigenvalue weighted by molar-refractivity contribution is -0.138. The smallest absolute Gasteiger partial charge is 0.323 e. The van der Waals surface area contributed by atoms with E-state index in [4.69, 9.17) is 30.8 Å². The van der Waals surface area contributed by atoms with E-state index in [0.717, 1.165) is 50.2 Å². The topological polar surface area (TPSA) is 384 Å². The summed E-state index contributed by atoms with van der Waals surface area (Å²) in [5.74, 6) is -7.76. The molecule has 9 aromatic rings. The average molecular weight is 1370 g/mol. The number of hydrogen-bond acceptors (Lipinski definition) is 24. The van der Waals surface area contributed by atoms with E-state index in [9.17, 15) is 54.0 Å². The van der Waals surface area contributed by atoms with E-state index in [1.54, 1.807) is 79.2 Å². The number of primary amides is 1. The number of aromatic hydroxyl groups is 1. The number of nitrogens with two attached hydrogens (primary N) is 1. The number of carbonyl (C=O) groups is 8. The molecule has 7 aromatic heterocycles. The van der Waals surface area contributed by atoms with Crippen molar-refractivity contribution in [1.29, 1.82) is 0 Å². The second-order valence-corrected chi connectivity index (χ2v) is 27.8. The number of ketones is 1. The van der Waals surface area contributed by atoms with Crippen LogP contribution in [-0.2, 0) is 25.6 Å². The predicted octanol–water partition coefficient (Wildman–Crippen LogP) is 8.35. The van der Waals surface area contributed by atoms with Gasteiger partial charge >= 0.3 is 11.9 Å². The molecule has 2 aromatic carbocycles. The molecule has 2 aliphatic rings. The van der Waals surface area contributed by atoms with Crippen LogP contribution in [0.1, 0.15) is 143 Å². The maximum atomic E-state index is 15.2. The molecule has 93 heavy (non-hydrogen) atoms. The minimum atomic E-state index is -1.32. The number of aliphatic carboxylic acids is 2. The molecule has 0 radical (unpaired) electrons. The van der Waals surface area contributed by atoms with Crippen LogP contribution in [0.3, 0.4) is 0 Å². The van der Waals surface area contributed by atoms with E-state index in [1.165, 1.54) is 55.8 Å². The summed E-state index contributed by atoms with van der Waals surface area (Å²) in [5.41, 5.74) is 8.35. The molecule has 0 unspecified atom stereocenters. The molecule has 5 amide bonds. The van der Waals surface area contributed by atoms with Crippen LogP contribution >= 0.6 is 68.0 Å². The molecule has 25 nitrogen and oxygen atoms in total. The Morgan fingerprint density at radius 1 is 0.688 bits per heavy atom. The zero-order valence-electron chi connectivity index (χ0n) is 49.4. The molecule has 1 saturated heterocycles. The van der Waals surface area contributed by atoms with Crippen LogP contribution in [0.15, 0.2) is 93.6 Å². The summed E-state index contributed by atoms with van der Waals surface area (Å²) in [6.07, 6.45) is -2.05. The Labute approximate surface area is 553 Å². The number of phenols is 1. The first-order valence-corrected chi connectivity index (χ1v) is 34.3. The number of nitrogens with zero attached hydrogens (tertiary/aromatic N) is 9. The number of unbranched alkanes of at least 4 members (excludes halogenated alkanes) is 2. The molecule has 31 heteroatoms. The van der Waals surface area contributed by atoms with Crippen LogP contribution in [0, 0.1) is 12.8 Å². The molecular weight excluding hydrogens is 1310 g/mol. The van der Waals surface area contributed by atoms with Gasteiger partial charge in [0.25, 0.3) is 17.7 Å². The van der Waals surface area contributed by atoms with Gasteiger partial charge in [-0.2, -0.15) is 0 Å². The van der Waals surface area contributed by atoms with Gasteiger partial charge in [-0.05, 0) is 55.2 Å². The number of benzene rings is 2. The van der Waals surface area contributed by atoms with Crippen LogP contribution in [0.25, 0.3) is 43.4 Å². The van der Waals surface area contributed by atoms with Crippen molar-refractivity contribution in [2.75, 3.05) is 19.6 Å². The number of amides is 5. The van der Waals surface area contributed by atoms with Crippen LogP contribution < -0.4 is 16.4 Å². The van der Waals surface area contributed by atoms with Gasteiger partial charge in [0.15, 0.2) is 5.78 Å². The van der Waals surface area contributed by atoms with Gasteiger partial charge in [-0.1, -0.05) is 55.8 Å². The summed E-state index contributed by atoms with van der Waals surface area (Å²) in [6, 6.07) is 14.9. The van der Waals surface area contributed by atoms with Gasteiger partial charge in [-0.3, -0.25) is 38.4 Å². The van der Waals surface area contributed by atoms with E-state index in [0.29, 0.717) is 72.9 Å². The van der Waals surface area contributed by atoms with Gasteiger partial charge in [-0.25, -0.2) is 34.9 Å². The Morgan fingerprint density at radius 2 is 1.34 bits per heavy atom. The minimum absolute atomic E-state index is 0.00125. The number of phenolic OH excluding ortho intramolecular Hbond substituents is 1. The third-order valence-corrected chi connectivity index (χ3v) is 21.2. The fourth-order valence-corrected chi connectivity index (χ4v) is 16.3. The number of nitrogens with one attached hydrogen (secondary N) is 2. The zero-order chi connectivity index (χ0) is 65.8. The molecule has 10 bridgehead atoms. The number of carboxylic acid groups (broad SMARTS) is 2. The standard InChI is InChI=1S/C62H58N12O13S6/c1-29-45(77)22-74-51(29)60-70-42(27-92-60)58-67-39(24-90-58)50-34(16-17-36(64-50)57-71-43(28-91-57)61(86)73(23-48(81)82)18-8-4-7-11-47(79)80)55-68-40(25-88-55)53(84)65-37(21-46(63)78)59-72-49(30(2)93-59)44(76)20-35(52(83)32-9-5-3-6-10-32)56-69-41(26-89-56)54(85)66-38(62(74)87)19-31-12-14-33(75)15-13-31/h3,5-6,9-10,12-17,24-29,35,37-38,45,51-52,75,77,83H,4,7-8,11,18-23H2,1-2H3,(H2,63,78)(H,65,84)(H,66,85)(H,79,80)(H,81,82)/t29-,35-,37-,38-,45-,51-,52+/m0/s1. The number of pyridine rings is 1. The van der Waals surface area contributed by atoms with Crippen LogP contribution in [0.5, 0.6) is 5.75 Å². The molecule has 0 spiro atoms. The molecular formula is C62H58N12O13S6. The quantitative estimate of drug-likeness (QED) is 0.0421. The Kier molecular flexibility index (Phi) is 20.1. The average Bonchev–Trinajstić information content (AvgIpc) is 1.66. The van der Waals surface area contributed by atoms with Crippen molar-refractivity contribution in [3.05, 3.63) is 147 Å². The maximum absolute atomic E-state index is 15.2. The summed E-state index contributed by atoms with van der Waals surface area (Å²) in [7, 11) is 0. The lowest BCUT2D eigenvalue weighted by atomic mass is 9.90. The second kappa shape index (κ2) is 28.5. The third-order valence-electron chi connectivity index (χ3n) is 15.7. The first-order chi connectivity index (χ1) is 44.7. The highest BCUT2D eigenvalue weighted by Crippen LogP contribution is 2.43. The van der Waals surface area contributed by atoms with Gasteiger partial charge in [0.1, 0.15) is 83.2 Å². The van der Waals surface area contributed by atoms with Gasteiger partial charge in [0.05, 0.1) is 41.4 Å². The maximum Gasteiger partial charge on any atom is 0.323 e. The van der Waals surface area contributed by atoms with Crippen molar-refractivity contribution in [2.24, 2.45) is 11.7 Å². The van der Waals surface area contributed by atoms with Crippen LogP contribution in [0.2, 0.25) is 0 Å². The number of carbonyl (C=O) groups excluding carboxylic acids is 6. The highest BCUT2D eigenvalue weighted by Gasteiger charge is 2.46. The number of Topliss-reactive ketones (excluding diaryl/α,β-unsaturated/α-hetero) is 1. The number of aliphatic hydroxyl groups excluding tert-OH is 2. The van der Waals surface area contributed by atoms with E-state index in [1.807, 2.05) is 0 Å². The number of thiazole rings is 6. The number of fused-ring (bicyclic) bond motifs is 16. The summed E-state index contributed by atoms with van der Waals surface area (Å²) in [6.45, 7) is 2.77. The number of hydrogen-bond donors (Lipinski definition) is 8. The highest BCUT2D eigenvalue weighted by atomic mass is 32.1. The molecule has 1 fully saturated rings. The molecule has 11 rings (SSSR count). The van der Waals surface area contributed by atoms with E-state index < -0.39 is 102 Å². The van der Waals surface area contributed by atoms with Crippen molar-refractivity contribution in [1.82, 2.24) is 55.3 Å². The number of rotatable bonds is 16. The molecule has 7 atom stereocenters. The Morgan fingerprint density at radius 3 is 2.09 bits per heavy atom. The Bertz CT molecular complexity index is 4300. The normalized spacial score (nSPS) is 18.9. The summed E-state index contributed by atoms with van der Waals surface area (Å²) in [4.78, 5) is 145. The zero-order valence-corrected chi connectivity index (χ0v) is 54.3. The third kappa shape index (κ3) is 14.9. The monoisotopic (exact) mass is 1370 g/mol. The number of aliphatic hydroxyl groups is 2. The summed E-state index contributed by atoms with van der Waals surface area (Å²) < 4.78 is 0. The minimum Gasteiger partial charge on any atom is -0.508 e. The van der Waals surface area contributed by atoms with Crippen molar-refractivity contribution in [3.8, 4) is 49.1 Å². The fourth-order valence-electron chi connectivity index (χ4n) is 10.9. The number of aromatic nitrogens is 7. The first-order valence-electron chi connectivity index (χ1n) is 29.1. The van der Waals surface area contributed by atoms with Gasteiger partial charge in [0, 0.05) is 81.5 Å². The fraction of sp³-hybridized carbons (Fsp3) is 0.306. The van der Waals surface area contributed by atoms with Crippen molar-refractivity contribution < 1.29 is 63.9 Å². The van der Waals surface area contributed by atoms with Gasteiger partial charge in [0.2, 0.25) is 11.8 Å². The van der Waals surface area contributed by atoms with Crippen LogP contribution in [0.4, 0.5) is 0 Å². The SMILES string of the molecule is Cc1sc2nc1C(=O)C[C@@H]([C@H](O)c1ccccc1)c1nc(cs1)C(=O)N[C@@H](Cc1ccc(O)cc1)C(=O)N1C[C@H](O)[C@H](C)[C@H]1c1nc(cs1)-c1nc(cs1)-c1nc(-c3nc(C(=O)N(CCCCCC(=O)O)CC(=O)O)cs3)ccc1-c1nc(cs1)C(=O)N[C@H]2CC(N)=O. The predicted molar refractivity (Wildman–Crippen MR) is 347 cm³/mol. The molecule has 0 aliphatic carbocycles. The first kappa shape index (κ1) is 65.5. The molecule has 9 heterocycles. The molecule has 0 saturated carbocycles. The number of carboxylic acids is 2. The summed E-state index contributed by atoms with van der Waals surface area (Å²) >= 11 is 6.75. The summed E-state index contributed by atoms with van der Waals surface area (Å²) in [5, 5.41) is 68.2. The van der Waals surface area contributed by atoms with E-state index in [-0.39, 0.29) is 81.6 Å². The number of aryl methyl sites for hydroxylation is 1. The van der Waals surface area contributed by atoms with Crippen molar-refractivity contribution in [2.45, 2.75) is 95.0 Å². The molecule has 9 N–H and O–H groups in total. The van der Waals surface area contributed by atoms with Gasteiger partial charge in [-0.15, -0.1) is 68.0 Å². The van der Waals surface area contributed by atoms with E-state index >= 15 is 4.79 Å². The molecule has 480 valence electrons. The lowest BCUT2D eigenvalue weighted by Crippen LogP contribution is -2.50. The second-order valence-electron chi connectivity index (χ2n) is 22.2. The highest BCUT2D eigenvalue weighted by molar-refractivity contribution is 7.15. The van der Waals surface area contributed by atoms with Crippen LogP contribution in [-0.4, -0.2) is 149 Å². The largest absolute Gasteiger partial charge is 0.508 e. The van der Waals surface area contributed by atoms with E-state index in [2.05, 4.69) is 25.6 Å². The van der Waals surface area contributed by atoms with Crippen molar-refractivity contribution in [3.63, 3.8) is 0 Å². The lowest BCUT2D eigenvalue weighted by Gasteiger charge is -2.29. The van der Waals surface area contributed by atoms with Crippen molar-refractivity contribution >= 4 is 115 Å². The molecule has 2 aliphatic heterocycles. The Balaban J connectivity index is 0.989. The Hall–Kier alpha value is -8.95. The van der Waals surface area contributed by atoms with Gasteiger partial charge < -0.3 is 51.7 Å².